The van der Waals surface area contributed by atoms with Crippen molar-refractivity contribution in [3.05, 3.63) is 0 Å². The summed E-state index contributed by atoms with van der Waals surface area (Å²) in [5.74, 6) is 0.711. The molecule has 0 unspecified atom stereocenters. The summed E-state index contributed by atoms with van der Waals surface area (Å²) in [6.07, 6.45) is 6.56. The van der Waals surface area contributed by atoms with Gasteiger partial charge in [-0.15, -0.1) is 24.0 Å². The monoisotopic (exact) mass is 380 g/mol. The lowest BCUT2D eigenvalue weighted by Gasteiger charge is -2.40. The summed E-state index contributed by atoms with van der Waals surface area (Å²) in [5.41, 5.74) is 6.19. The van der Waals surface area contributed by atoms with Gasteiger partial charge in [-0.05, 0) is 52.6 Å². The number of rotatable bonds is 4. The van der Waals surface area contributed by atoms with Crippen LogP contribution in [0.4, 0.5) is 0 Å². The van der Waals surface area contributed by atoms with Crippen LogP contribution in [0, 0.1) is 0 Å². The fraction of sp³-hybridized carbons (Fsp3) is 0.929. The first kappa shape index (κ1) is 17.0. The van der Waals surface area contributed by atoms with Gasteiger partial charge in [-0.2, -0.15) is 0 Å². The zero-order valence-electron chi connectivity index (χ0n) is 12.6. The van der Waals surface area contributed by atoms with E-state index in [1.54, 1.807) is 0 Å². The summed E-state index contributed by atoms with van der Waals surface area (Å²) >= 11 is 0. The molecule has 0 bridgehead atoms. The number of hydrogen-bond acceptors (Lipinski definition) is 2. The van der Waals surface area contributed by atoms with E-state index in [0.717, 1.165) is 6.54 Å². The molecule has 0 aromatic carbocycles. The van der Waals surface area contributed by atoms with Gasteiger partial charge in [-0.3, -0.25) is 9.89 Å². The summed E-state index contributed by atoms with van der Waals surface area (Å²) in [4.78, 5) is 9.30. The van der Waals surface area contributed by atoms with Gasteiger partial charge < -0.3 is 10.6 Å². The van der Waals surface area contributed by atoms with Crippen molar-refractivity contribution in [1.29, 1.82) is 0 Å². The largest absolute Gasteiger partial charge is 0.370 e. The SMILES string of the molecule is CN(C(N)=NCC(C)(C)N1CCCCC1)C1CC1.I. The van der Waals surface area contributed by atoms with Crippen LogP contribution in [0.25, 0.3) is 0 Å². The lowest BCUT2D eigenvalue weighted by molar-refractivity contribution is 0.102. The molecule has 112 valence electrons. The summed E-state index contributed by atoms with van der Waals surface area (Å²) in [5, 5.41) is 0. The zero-order valence-corrected chi connectivity index (χ0v) is 14.9. The van der Waals surface area contributed by atoms with E-state index in [2.05, 4.69) is 35.7 Å². The second-order valence-corrected chi connectivity index (χ2v) is 6.38. The fourth-order valence-corrected chi connectivity index (χ4v) is 2.63. The Bertz CT molecular complexity index is 307. The number of guanidine groups is 1. The van der Waals surface area contributed by atoms with Crippen molar-refractivity contribution in [1.82, 2.24) is 9.80 Å². The van der Waals surface area contributed by atoms with Crippen molar-refractivity contribution in [2.75, 3.05) is 26.7 Å². The average Bonchev–Trinajstić information content (AvgIpc) is 3.20. The maximum Gasteiger partial charge on any atom is 0.191 e. The first-order valence-electron chi connectivity index (χ1n) is 7.28. The van der Waals surface area contributed by atoms with Gasteiger partial charge in [-0.25, -0.2) is 0 Å². The second kappa shape index (κ2) is 7.11. The summed E-state index contributed by atoms with van der Waals surface area (Å²) in [7, 11) is 2.06. The topological polar surface area (TPSA) is 44.9 Å². The van der Waals surface area contributed by atoms with Crippen molar-refractivity contribution in [3.8, 4) is 0 Å². The zero-order chi connectivity index (χ0) is 13.2. The molecular weight excluding hydrogens is 351 g/mol. The van der Waals surface area contributed by atoms with E-state index in [0.29, 0.717) is 12.0 Å². The molecule has 2 fully saturated rings. The van der Waals surface area contributed by atoms with Gasteiger partial charge in [0.1, 0.15) is 0 Å². The summed E-state index contributed by atoms with van der Waals surface area (Å²) in [6, 6.07) is 0.645. The van der Waals surface area contributed by atoms with Gasteiger partial charge in [0.15, 0.2) is 5.96 Å². The predicted molar refractivity (Wildman–Crippen MR) is 92.2 cm³/mol. The van der Waals surface area contributed by atoms with E-state index < -0.39 is 0 Å². The smallest absolute Gasteiger partial charge is 0.191 e. The number of hydrogen-bond donors (Lipinski definition) is 1. The Hall–Kier alpha value is -0.0400. The Balaban J connectivity index is 0.00000180. The van der Waals surface area contributed by atoms with E-state index in [1.807, 2.05) is 0 Å². The third-order valence-electron chi connectivity index (χ3n) is 4.30. The summed E-state index contributed by atoms with van der Waals surface area (Å²) < 4.78 is 0. The molecule has 0 aromatic heterocycles. The number of nitrogens with two attached hydrogens (primary N) is 1. The molecule has 1 heterocycles. The predicted octanol–water partition coefficient (Wildman–Crippen LogP) is 2.28. The minimum atomic E-state index is 0. The molecule has 1 saturated carbocycles. The highest BCUT2D eigenvalue weighted by molar-refractivity contribution is 14.0. The fourth-order valence-electron chi connectivity index (χ4n) is 2.63. The molecule has 0 amide bonds. The minimum absolute atomic E-state index is 0. The molecule has 2 rings (SSSR count). The van der Waals surface area contributed by atoms with E-state index in [-0.39, 0.29) is 29.5 Å². The van der Waals surface area contributed by atoms with Gasteiger partial charge in [-0.1, -0.05) is 6.42 Å². The first-order valence-corrected chi connectivity index (χ1v) is 7.28. The Morgan fingerprint density at radius 3 is 2.37 bits per heavy atom. The van der Waals surface area contributed by atoms with E-state index >= 15 is 0 Å². The van der Waals surface area contributed by atoms with Crippen molar-refractivity contribution >= 4 is 29.9 Å². The van der Waals surface area contributed by atoms with Crippen LogP contribution in [0.5, 0.6) is 0 Å². The van der Waals surface area contributed by atoms with Crippen molar-refractivity contribution in [2.24, 2.45) is 10.7 Å². The molecule has 2 aliphatic rings. The van der Waals surface area contributed by atoms with Crippen LogP contribution in [-0.2, 0) is 0 Å². The highest BCUT2D eigenvalue weighted by Crippen LogP contribution is 2.25. The van der Waals surface area contributed by atoms with Gasteiger partial charge in [0.25, 0.3) is 0 Å². The maximum absolute atomic E-state index is 6.05. The molecule has 0 atom stereocenters. The van der Waals surface area contributed by atoms with Gasteiger partial charge in [0.05, 0.1) is 6.54 Å². The van der Waals surface area contributed by atoms with Crippen LogP contribution in [0.15, 0.2) is 4.99 Å². The highest BCUT2D eigenvalue weighted by atomic mass is 127. The van der Waals surface area contributed by atoms with E-state index in [1.165, 1.54) is 45.2 Å². The quantitative estimate of drug-likeness (QED) is 0.462. The molecule has 5 heteroatoms. The summed E-state index contributed by atoms with van der Waals surface area (Å²) in [6.45, 7) is 7.79. The molecular formula is C14H29IN4. The number of nitrogens with zero attached hydrogens (tertiary/aromatic N) is 3. The van der Waals surface area contributed by atoms with E-state index in [9.17, 15) is 0 Å². The first-order chi connectivity index (χ1) is 8.50. The lowest BCUT2D eigenvalue weighted by atomic mass is 9.99. The number of piperidine rings is 1. The Morgan fingerprint density at radius 1 is 1.26 bits per heavy atom. The molecule has 1 saturated heterocycles. The third kappa shape index (κ3) is 4.77. The standard InChI is InChI=1S/C14H28N4.HI/c1-14(2,18-9-5-4-6-10-18)11-16-13(15)17(3)12-7-8-12;/h12H,4-11H2,1-3H3,(H2,15,16);1H. The highest BCUT2D eigenvalue weighted by Gasteiger charge is 2.30. The molecule has 2 N–H and O–H groups in total. The third-order valence-corrected chi connectivity index (χ3v) is 4.30. The maximum atomic E-state index is 6.05. The van der Waals surface area contributed by atoms with Crippen LogP contribution in [0.1, 0.15) is 46.0 Å². The van der Waals surface area contributed by atoms with Gasteiger partial charge in [0.2, 0.25) is 0 Å². The molecule has 4 nitrogen and oxygen atoms in total. The average molecular weight is 380 g/mol. The number of likely N-dealkylation sites (tertiary alicyclic amines) is 1. The molecule has 19 heavy (non-hydrogen) atoms. The van der Waals surface area contributed by atoms with Gasteiger partial charge >= 0.3 is 0 Å². The minimum Gasteiger partial charge on any atom is -0.370 e. The van der Waals surface area contributed by atoms with Crippen molar-refractivity contribution < 1.29 is 0 Å². The Morgan fingerprint density at radius 2 is 1.84 bits per heavy atom. The van der Waals surface area contributed by atoms with E-state index in [4.69, 9.17) is 5.73 Å². The van der Waals surface area contributed by atoms with Crippen LogP contribution in [0.3, 0.4) is 0 Å². The number of halogens is 1. The van der Waals surface area contributed by atoms with Crippen LogP contribution in [0.2, 0.25) is 0 Å². The van der Waals surface area contributed by atoms with Gasteiger partial charge in [0, 0.05) is 18.6 Å². The van der Waals surface area contributed by atoms with Crippen LogP contribution < -0.4 is 5.73 Å². The number of aliphatic imine (C=N–C) groups is 1. The molecule has 0 aromatic rings. The Kier molecular flexibility index (Phi) is 6.36. The van der Waals surface area contributed by atoms with Crippen molar-refractivity contribution in [2.45, 2.75) is 57.5 Å². The van der Waals surface area contributed by atoms with Crippen LogP contribution >= 0.6 is 24.0 Å². The molecule has 0 spiro atoms. The molecule has 1 aliphatic heterocycles. The molecule has 1 aliphatic carbocycles. The Labute approximate surface area is 134 Å². The van der Waals surface area contributed by atoms with Crippen LogP contribution in [-0.4, -0.2) is 54.0 Å². The second-order valence-electron chi connectivity index (χ2n) is 6.38. The molecule has 0 radical (unpaired) electrons. The van der Waals surface area contributed by atoms with Crippen molar-refractivity contribution in [3.63, 3.8) is 0 Å². The normalized spacial score (nSPS) is 21.9. The lowest BCUT2D eigenvalue weighted by Crippen LogP contribution is -2.49.